The van der Waals surface area contributed by atoms with Crippen LogP contribution in [0.25, 0.3) is 0 Å². The van der Waals surface area contributed by atoms with Crippen LogP contribution >= 0.6 is 0 Å². The minimum absolute atomic E-state index is 0.100. The molecule has 1 fully saturated rings. The summed E-state index contributed by atoms with van der Waals surface area (Å²) in [4.78, 5) is 0. The fourth-order valence-electron chi connectivity index (χ4n) is 2.45. The van der Waals surface area contributed by atoms with Crippen molar-refractivity contribution in [1.82, 2.24) is 4.72 Å². The molecule has 2 rings (SSSR count). The van der Waals surface area contributed by atoms with Gasteiger partial charge in [-0.15, -0.1) is 0 Å². The van der Waals surface area contributed by atoms with Gasteiger partial charge in [0.25, 0.3) is 0 Å². The van der Waals surface area contributed by atoms with Crippen LogP contribution in [0.5, 0.6) is 0 Å². The van der Waals surface area contributed by atoms with Crippen LogP contribution in [0.4, 0.5) is 4.39 Å². The maximum atomic E-state index is 12.9. The van der Waals surface area contributed by atoms with E-state index in [4.69, 9.17) is 4.74 Å². The number of ether oxygens (including phenoxy) is 1. The molecule has 0 aliphatic carbocycles. The van der Waals surface area contributed by atoms with Gasteiger partial charge in [0, 0.05) is 12.5 Å². The van der Waals surface area contributed by atoms with Crippen molar-refractivity contribution in [2.75, 3.05) is 20.3 Å². The van der Waals surface area contributed by atoms with E-state index in [1.54, 1.807) is 12.1 Å². The Kier molecular flexibility index (Phi) is 4.54. The molecule has 1 aliphatic rings. The molecular formula is C13H18FNO3S. The van der Waals surface area contributed by atoms with Crippen molar-refractivity contribution >= 4 is 10.0 Å². The Balaban J connectivity index is 2.14. The van der Waals surface area contributed by atoms with Crippen LogP contribution in [-0.4, -0.2) is 33.9 Å². The molecule has 2 atom stereocenters. The molecule has 1 saturated heterocycles. The molecule has 0 saturated carbocycles. The summed E-state index contributed by atoms with van der Waals surface area (Å²) in [5.41, 5.74) is 0.924. The van der Waals surface area contributed by atoms with E-state index >= 15 is 0 Å². The van der Waals surface area contributed by atoms with Gasteiger partial charge in [-0.3, -0.25) is 0 Å². The molecule has 0 bridgehead atoms. The van der Waals surface area contributed by atoms with Crippen molar-refractivity contribution < 1.29 is 17.5 Å². The first-order valence-electron chi connectivity index (χ1n) is 6.27. The molecule has 106 valence electrons. The molecular weight excluding hydrogens is 269 g/mol. The molecule has 0 unspecified atom stereocenters. The highest BCUT2D eigenvalue weighted by Gasteiger charge is 2.35. The summed E-state index contributed by atoms with van der Waals surface area (Å²) in [6, 6.07) is 6.15. The van der Waals surface area contributed by atoms with Gasteiger partial charge >= 0.3 is 0 Å². The molecule has 1 aromatic rings. The summed E-state index contributed by atoms with van der Waals surface area (Å²) >= 11 is 0. The number of benzene rings is 1. The lowest BCUT2D eigenvalue weighted by Gasteiger charge is -2.30. The van der Waals surface area contributed by atoms with E-state index in [2.05, 4.69) is 4.72 Å². The number of nitrogens with one attached hydrogen (secondary N) is 1. The molecule has 0 aromatic heterocycles. The Morgan fingerprint density at radius 1 is 1.37 bits per heavy atom. The zero-order valence-corrected chi connectivity index (χ0v) is 11.6. The van der Waals surface area contributed by atoms with Gasteiger partial charge in [-0.25, -0.2) is 17.5 Å². The van der Waals surface area contributed by atoms with Gasteiger partial charge in [-0.2, -0.15) is 0 Å². The quantitative estimate of drug-likeness (QED) is 0.909. The lowest BCUT2D eigenvalue weighted by molar-refractivity contribution is 0.0570. The summed E-state index contributed by atoms with van der Waals surface area (Å²) in [6.07, 6.45) is 1.07. The average molecular weight is 287 g/mol. The third-order valence-electron chi connectivity index (χ3n) is 3.50. The number of halogens is 1. The first-order chi connectivity index (χ1) is 9.03. The van der Waals surface area contributed by atoms with E-state index < -0.39 is 15.3 Å². The third-order valence-corrected chi connectivity index (χ3v) is 5.49. The van der Waals surface area contributed by atoms with Crippen LogP contribution < -0.4 is 4.72 Å². The maximum Gasteiger partial charge on any atom is 0.214 e. The van der Waals surface area contributed by atoms with Crippen LogP contribution in [0.3, 0.4) is 0 Å². The summed E-state index contributed by atoms with van der Waals surface area (Å²) in [5.74, 6) is -0.389. The lowest BCUT2D eigenvalue weighted by Crippen LogP contribution is -2.43. The van der Waals surface area contributed by atoms with Crippen LogP contribution in [-0.2, 0) is 21.2 Å². The molecule has 0 radical (unpaired) electrons. The summed E-state index contributed by atoms with van der Waals surface area (Å²) in [7, 11) is -1.87. The van der Waals surface area contributed by atoms with Crippen LogP contribution in [0, 0.1) is 11.7 Å². The Labute approximate surface area is 113 Å². The first kappa shape index (κ1) is 14.4. The normalized spacial score (nSPS) is 24.3. The number of rotatable bonds is 4. The van der Waals surface area contributed by atoms with Gasteiger partial charge < -0.3 is 4.74 Å². The molecule has 0 amide bonds. The lowest BCUT2D eigenvalue weighted by atomic mass is 9.93. The zero-order chi connectivity index (χ0) is 13.9. The Bertz CT molecular complexity index is 515. The van der Waals surface area contributed by atoms with E-state index in [0.29, 0.717) is 26.1 Å². The first-order valence-corrected chi connectivity index (χ1v) is 7.82. The van der Waals surface area contributed by atoms with Crippen molar-refractivity contribution in [1.29, 1.82) is 0 Å². The molecule has 4 nitrogen and oxygen atoms in total. The summed E-state index contributed by atoms with van der Waals surface area (Å²) in [5, 5.41) is -0.448. The summed E-state index contributed by atoms with van der Waals surface area (Å²) < 4.78 is 44.6. The van der Waals surface area contributed by atoms with Crippen molar-refractivity contribution in [2.45, 2.75) is 18.1 Å². The van der Waals surface area contributed by atoms with E-state index in [-0.39, 0.29) is 11.7 Å². The predicted octanol–water partition coefficient (Wildman–Crippen LogP) is 1.32. The molecule has 1 aliphatic heterocycles. The highest BCUT2D eigenvalue weighted by atomic mass is 32.2. The highest BCUT2D eigenvalue weighted by Crippen LogP contribution is 2.25. The van der Waals surface area contributed by atoms with E-state index in [1.165, 1.54) is 19.2 Å². The van der Waals surface area contributed by atoms with Crippen LogP contribution in [0.1, 0.15) is 12.0 Å². The van der Waals surface area contributed by atoms with Crippen LogP contribution in [0.15, 0.2) is 24.3 Å². The molecule has 1 aromatic carbocycles. The second kappa shape index (κ2) is 5.98. The SMILES string of the molecule is CNS(=O)(=O)[C@@H]1CCOC[C@H]1Cc1ccc(F)cc1. The molecule has 19 heavy (non-hydrogen) atoms. The number of sulfonamides is 1. The second-order valence-electron chi connectivity index (χ2n) is 4.74. The zero-order valence-electron chi connectivity index (χ0n) is 10.8. The standard InChI is InChI=1S/C13H18FNO3S/c1-15-19(16,17)13-6-7-18-9-11(13)8-10-2-4-12(14)5-3-10/h2-5,11,13,15H,6-9H2,1H3/t11-,13-/m1/s1. The molecule has 6 heteroatoms. The van der Waals surface area contributed by atoms with Crippen LogP contribution in [0.2, 0.25) is 0 Å². The Morgan fingerprint density at radius 2 is 2.05 bits per heavy atom. The van der Waals surface area contributed by atoms with Gasteiger partial charge in [-0.05, 0) is 37.6 Å². The topological polar surface area (TPSA) is 55.4 Å². The molecule has 1 N–H and O–H groups in total. The van der Waals surface area contributed by atoms with Gasteiger partial charge in [-0.1, -0.05) is 12.1 Å². The molecule has 0 spiro atoms. The van der Waals surface area contributed by atoms with Gasteiger partial charge in [0.05, 0.1) is 11.9 Å². The van der Waals surface area contributed by atoms with Gasteiger partial charge in [0.15, 0.2) is 0 Å². The van der Waals surface area contributed by atoms with Crippen molar-refractivity contribution in [2.24, 2.45) is 5.92 Å². The third kappa shape index (κ3) is 3.52. The van der Waals surface area contributed by atoms with E-state index in [0.717, 1.165) is 5.56 Å². The fourth-order valence-corrected chi connectivity index (χ4v) is 3.84. The second-order valence-corrected chi connectivity index (χ2v) is 6.85. The monoisotopic (exact) mass is 287 g/mol. The van der Waals surface area contributed by atoms with Gasteiger partial charge in [0.2, 0.25) is 10.0 Å². The number of hydrogen-bond acceptors (Lipinski definition) is 3. The largest absolute Gasteiger partial charge is 0.381 e. The van der Waals surface area contributed by atoms with E-state index in [9.17, 15) is 12.8 Å². The minimum Gasteiger partial charge on any atom is -0.381 e. The van der Waals surface area contributed by atoms with Gasteiger partial charge in [0.1, 0.15) is 5.82 Å². The fraction of sp³-hybridized carbons (Fsp3) is 0.538. The van der Waals surface area contributed by atoms with E-state index in [1.807, 2.05) is 0 Å². The minimum atomic E-state index is -3.30. The van der Waals surface area contributed by atoms with Crippen molar-refractivity contribution in [3.63, 3.8) is 0 Å². The Hall–Kier alpha value is -0.980. The highest BCUT2D eigenvalue weighted by molar-refractivity contribution is 7.90. The number of hydrogen-bond donors (Lipinski definition) is 1. The maximum absolute atomic E-state index is 12.9. The predicted molar refractivity (Wildman–Crippen MR) is 70.8 cm³/mol. The smallest absolute Gasteiger partial charge is 0.214 e. The Morgan fingerprint density at radius 3 is 2.68 bits per heavy atom. The van der Waals surface area contributed by atoms with Crippen molar-refractivity contribution in [3.05, 3.63) is 35.6 Å². The van der Waals surface area contributed by atoms with Crippen molar-refractivity contribution in [3.8, 4) is 0 Å². The summed E-state index contributed by atoms with van der Waals surface area (Å²) in [6.45, 7) is 0.883. The average Bonchev–Trinajstić information content (AvgIpc) is 2.42. The molecule has 1 heterocycles.